The molecular formula is C14H16ClN3O. The monoisotopic (exact) mass is 277 g/mol. The number of rotatable bonds is 4. The molecule has 0 bridgehead atoms. The molecule has 1 N–H and O–H groups in total. The van der Waals surface area contributed by atoms with E-state index in [4.69, 9.17) is 16.3 Å². The fourth-order valence-corrected chi connectivity index (χ4v) is 2.03. The third-order valence-corrected chi connectivity index (χ3v) is 2.87. The molecule has 0 aliphatic carbocycles. The zero-order valence-corrected chi connectivity index (χ0v) is 12.0. The summed E-state index contributed by atoms with van der Waals surface area (Å²) in [7, 11) is 1.63. The smallest absolute Gasteiger partial charge is 0.130 e. The average Bonchev–Trinajstić information content (AvgIpc) is 2.38. The van der Waals surface area contributed by atoms with Crippen LogP contribution in [0.3, 0.4) is 0 Å². The van der Waals surface area contributed by atoms with Crippen LogP contribution in [0.25, 0.3) is 11.3 Å². The maximum Gasteiger partial charge on any atom is 0.130 e. The molecule has 1 aromatic heterocycles. The highest BCUT2D eigenvalue weighted by atomic mass is 35.5. The first-order valence-corrected chi connectivity index (χ1v) is 6.45. The van der Waals surface area contributed by atoms with Crippen molar-refractivity contribution in [3.63, 3.8) is 0 Å². The van der Waals surface area contributed by atoms with E-state index in [9.17, 15) is 0 Å². The molecule has 19 heavy (non-hydrogen) atoms. The molecule has 0 unspecified atom stereocenters. The molecule has 0 spiro atoms. The lowest BCUT2D eigenvalue weighted by Crippen LogP contribution is -2.02. The predicted molar refractivity (Wildman–Crippen MR) is 77.9 cm³/mol. The van der Waals surface area contributed by atoms with E-state index < -0.39 is 0 Å². The quantitative estimate of drug-likeness (QED) is 0.928. The van der Waals surface area contributed by atoms with Gasteiger partial charge in [-0.15, -0.1) is 0 Å². The Bertz CT molecular complexity index is 587. The highest BCUT2D eigenvalue weighted by Crippen LogP contribution is 2.32. The topological polar surface area (TPSA) is 47.0 Å². The number of nitrogens with one attached hydrogen (secondary N) is 1. The maximum atomic E-state index is 6.05. The largest absolute Gasteiger partial charge is 0.496 e. The Hall–Kier alpha value is -1.81. The second kappa shape index (κ2) is 5.89. The fraction of sp³-hybridized carbons (Fsp3) is 0.286. The first-order valence-electron chi connectivity index (χ1n) is 6.07. The number of anilines is 1. The summed E-state index contributed by atoms with van der Waals surface area (Å²) < 4.78 is 5.35. The lowest BCUT2D eigenvalue weighted by atomic mass is 10.1. The molecule has 1 aromatic carbocycles. The Morgan fingerprint density at radius 2 is 2.05 bits per heavy atom. The van der Waals surface area contributed by atoms with Gasteiger partial charge in [0, 0.05) is 23.2 Å². The SMILES string of the molecule is CCNc1cc(-c2cc(Cl)ccc2OC)nc(C)n1. The van der Waals surface area contributed by atoms with Crippen LogP contribution in [0.2, 0.25) is 5.02 Å². The molecule has 100 valence electrons. The number of nitrogens with zero attached hydrogens (tertiary/aromatic N) is 2. The van der Waals surface area contributed by atoms with Crippen molar-refractivity contribution in [2.75, 3.05) is 19.0 Å². The van der Waals surface area contributed by atoms with Gasteiger partial charge in [-0.3, -0.25) is 0 Å². The van der Waals surface area contributed by atoms with E-state index >= 15 is 0 Å². The first-order chi connectivity index (χ1) is 9.13. The second-order valence-electron chi connectivity index (χ2n) is 4.06. The Balaban J connectivity index is 2.54. The van der Waals surface area contributed by atoms with Crippen LogP contribution in [0.15, 0.2) is 24.3 Å². The normalized spacial score (nSPS) is 10.3. The zero-order valence-electron chi connectivity index (χ0n) is 11.2. The van der Waals surface area contributed by atoms with E-state index in [1.54, 1.807) is 13.2 Å². The molecule has 0 saturated heterocycles. The van der Waals surface area contributed by atoms with Gasteiger partial charge in [-0.05, 0) is 32.0 Å². The summed E-state index contributed by atoms with van der Waals surface area (Å²) in [4.78, 5) is 8.78. The number of aryl methyl sites for hydroxylation is 1. The van der Waals surface area contributed by atoms with Crippen molar-refractivity contribution in [2.45, 2.75) is 13.8 Å². The highest BCUT2D eigenvalue weighted by Gasteiger charge is 2.10. The molecule has 0 radical (unpaired) electrons. The van der Waals surface area contributed by atoms with Crippen molar-refractivity contribution >= 4 is 17.4 Å². The van der Waals surface area contributed by atoms with Gasteiger partial charge < -0.3 is 10.1 Å². The third-order valence-electron chi connectivity index (χ3n) is 2.63. The predicted octanol–water partition coefficient (Wildman–Crippen LogP) is 3.55. The standard InChI is InChI=1S/C14H16ClN3O/c1-4-16-14-8-12(17-9(2)18-14)11-7-10(15)5-6-13(11)19-3/h5-8H,4H2,1-3H3,(H,16,17,18). The van der Waals surface area contributed by atoms with E-state index in [-0.39, 0.29) is 0 Å². The summed E-state index contributed by atoms with van der Waals surface area (Å²) in [6.45, 7) is 4.70. The number of aromatic nitrogens is 2. The van der Waals surface area contributed by atoms with Gasteiger partial charge in [0.2, 0.25) is 0 Å². The number of ether oxygens (including phenoxy) is 1. The number of hydrogen-bond acceptors (Lipinski definition) is 4. The van der Waals surface area contributed by atoms with Crippen LogP contribution in [0.1, 0.15) is 12.7 Å². The van der Waals surface area contributed by atoms with Crippen LogP contribution in [0, 0.1) is 6.92 Å². The molecule has 5 heteroatoms. The van der Waals surface area contributed by atoms with Crippen molar-refractivity contribution in [3.8, 4) is 17.0 Å². The van der Waals surface area contributed by atoms with Gasteiger partial charge in [0.15, 0.2) is 0 Å². The van der Waals surface area contributed by atoms with Gasteiger partial charge in [-0.2, -0.15) is 0 Å². The average molecular weight is 278 g/mol. The molecule has 0 aliphatic rings. The van der Waals surface area contributed by atoms with E-state index in [0.717, 1.165) is 29.4 Å². The minimum Gasteiger partial charge on any atom is -0.496 e. The van der Waals surface area contributed by atoms with Crippen LogP contribution in [0.5, 0.6) is 5.75 Å². The highest BCUT2D eigenvalue weighted by molar-refractivity contribution is 6.30. The molecule has 0 amide bonds. The Labute approximate surface area is 117 Å². The molecular weight excluding hydrogens is 262 g/mol. The summed E-state index contributed by atoms with van der Waals surface area (Å²) in [5, 5.41) is 3.84. The van der Waals surface area contributed by atoms with Gasteiger partial charge in [0.1, 0.15) is 17.4 Å². The summed E-state index contributed by atoms with van der Waals surface area (Å²) in [6.07, 6.45) is 0. The number of methoxy groups -OCH3 is 1. The Morgan fingerprint density at radius 3 is 2.74 bits per heavy atom. The van der Waals surface area contributed by atoms with Gasteiger partial charge in [0.05, 0.1) is 12.8 Å². The molecule has 0 saturated carbocycles. The van der Waals surface area contributed by atoms with Crippen LogP contribution >= 0.6 is 11.6 Å². The fourth-order valence-electron chi connectivity index (χ4n) is 1.86. The van der Waals surface area contributed by atoms with E-state index in [1.165, 1.54) is 0 Å². The molecule has 2 rings (SSSR count). The van der Waals surface area contributed by atoms with Gasteiger partial charge in [-0.1, -0.05) is 11.6 Å². The third kappa shape index (κ3) is 3.15. The Morgan fingerprint density at radius 1 is 1.26 bits per heavy atom. The summed E-state index contributed by atoms with van der Waals surface area (Å²) in [6, 6.07) is 7.37. The number of halogens is 1. The van der Waals surface area contributed by atoms with Crippen molar-refractivity contribution in [3.05, 3.63) is 35.1 Å². The van der Waals surface area contributed by atoms with Crippen LogP contribution in [-0.4, -0.2) is 23.6 Å². The van der Waals surface area contributed by atoms with Crippen molar-refractivity contribution in [1.29, 1.82) is 0 Å². The van der Waals surface area contributed by atoms with Gasteiger partial charge in [-0.25, -0.2) is 9.97 Å². The molecule has 0 atom stereocenters. The van der Waals surface area contributed by atoms with Crippen LogP contribution in [0.4, 0.5) is 5.82 Å². The minimum absolute atomic E-state index is 0.650. The number of hydrogen-bond donors (Lipinski definition) is 1. The molecule has 1 heterocycles. The Kier molecular flexibility index (Phi) is 4.22. The summed E-state index contributed by atoms with van der Waals surface area (Å²) >= 11 is 6.05. The number of benzene rings is 1. The molecule has 4 nitrogen and oxygen atoms in total. The van der Waals surface area contributed by atoms with Crippen molar-refractivity contribution < 1.29 is 4.74 Å². The van der Waals surface area contributed by atoms with Crippen molar-refractivity contribution in [1.82, 2.24) is 9.97 Å². The first kappa shape index (κ1) is 13.6. The summed E-state index contributed by atoms with van der Waals surface area (Å²) in [5.41, 5.74) is 1.66. The van der Waals surface area contributed by atoms with Gasteiger partial charge >= 0.3 is 0 Å². The van der Waals surface area contributed by atoms with Crippen molar-refractivity contribution in [2.24, 2.45) is 0 Å². The van der Waals surface area contributed by atoms with Crippen LogP contribution in [-0.2, 0) is 0 Å². The second-order valence-corrected chi connectivity index (χ2v) is 4.50. The van der Waals surface area contributed by atoms with E-state index in [0.29, 0.717) is 10.8 Å². The molecule has 0 aliphatic heterocycles. The maximum absolute atomic E-state index is 6.05. The minimum atomic E-state index is 0.650. The van der Waals surface area contributed by atoms with Gasteiger partial charge in [0.25, 0.3) is 0 Å². The zero-order chi connectivity index (χ0) is 13.8. The van der Waals surface area contributed by atoms with E-state index in [2.05, 4.69) is 15.3 Å². The van der Waals surface area contributed by atoms with Crippen LogP contribution < -0.4 is 10.1 Å². The lowest BCUT2D eigenvalue weighted by Gasteiger charge is -2.11. The molecule has 2 aromatic rings. The molecule has 0 fully saturated rings. The lowest BCUT2D eigenvalue weighted by molar-refractivity contribution is 0.416. The van der Waals surface area contributed by atoms with E-state index in [1.807, 2.05) is 32.0 Å². The summed E-state index contributed by atoms with van der Waals surface area (Å²) in [5.74, 6) is 2.24.